The summed E-state index contributed by atoms with van der Waals surface area (Å²) in [5.41, 5.74) is 2.26. The van der Waals surface area contributed by atoms with Crippen molar-refractivity contribution in [1.82, 2.24) is 0 Å². The van der Waals surface area contributed by atoms with Gasteiger partial charge >= 0.3 is 0 Å². The lowest BCUT2D eigenvalue weighted by Crippen LogP contribution is -1.85. The van der Waals surface area contributed by atoms with E-state index >= 15 is 0 Å². The number of fused-ring (bicyclic) bond motifs is 1. The predicted molar refractivity (Wildman–Crippen MR) is 68.7 cm³/mol. The van der Waals surface area contributed by atoms with Gasteiger partial charge in [-0.1, -0.05) is 48.0 Å². The molecule has 2 aromatic carbocycles. The van der Waals surface area contributed by atoms with Crippen LogP contribution in [0.4, 0.5) is 0 Å². The van der Waals surface area contributed by atoms with Gasteiger partial charge in [0.1, 0.15) is 5.75 Å². The Morgan fingerprint density at radius 2 is 1.88 bits per heavy atom. The van der Waals surface area contributed by atoms with Gasteiger partial charge in [-0.25, -0.2) is 0 Å². The summed E-state index contributed by atoms with van der Waals surface area (Å²) in [4.78, 5) is 0. The van der Waals surface area contributed by atoms with E-state index in [4.69, 9.17) is 0 Å². The Labute approximate surface area is 96.0 Å². The Balaban J connectivity index is 2.48. The van der Waals surface area contributed by atoms with Crippen molar-refractivity contribution in [3.05, 3.63) is 53.6 Å². The maximum absolute atomic E-state index is 10.1. The predicted octanol–water partition coefficient (Wildman–Crippen LogP) is 4.05. The molecule has 0 radical (unpaired) electrons. The highest BCUT2D eigenvalue weighted by Gasteiger charge is 2.04. The second-order valence-electron chi connectivity index (χ2n) is 4.28. The fraction of sp³-hybridized carbons (Fsp3) is 0.200. The van der Waals surface area contributed by atoms with Crippen LogP contribution in [0.2, 0.25) is 0 Å². The lowest BCUT2D eigenvalue weighted by atomic mass is 10.0. The number of hydrogen-bond acceptors (Lipinski definition) is 1. The van der Waals surface area contributed by atoms with E-state index in [0.29, 0.717) is 5.75 Å². The molecule has 0 bridgehead atoms. The zero-order valence-corrected chi connectivity index (χ0v) is 9.70. The molecule has 0 fully saturated rings. The molecular formula is C15H16O. The minimum absolute atomic E-state index is 0.413. The van der Waals surface area contributed by atoms with Gasteiger partial charge in [-0.05, 0) is 31.2 Å². The molecule has 0 aliphatic carbocycles. The summed E-state index contributed by atoms with van der Waals surface area (Å²) in [5, 5.41) is 12.1. The first-order valence-electron chi connectivity index (χ1n) is 5.51. The standard InChI is InChI=1S/C15H16O/c1-11(2)7-8-13-10-9-12-5-3-4-6-14(12)15(13)16/h3-7,9-10,16H,8H2,1-2H3. The van der Waals surface area contributed by atoms with Crippen LogP contribution >= 0.6 is 0 Å². The monoisotopic (exact) mass is 212 g/mol. The summed E-state index contributed by atoms with van der Waals surface area (Å²) in [7, 11) is 0. The largest absolute Gasteiger partial charge is 0.507 e. The molecular weight excluding hydrogens is 196 g/mol. The minimum Gasteiger partial charge on any atom is -0.507 e. The molecule has 1 heteroatoms. The average molecular weight is 212 g/mol. The van der Waals surface area contributed by atoms with Crippen LogP contribution in [0, 0.1) is 0 Å². The molecule has 82 valence electrons. The molecule has 0 aromatic heterocycles. The molecule has 16 heavy (non-hydrogen) atoms. The normalized spacial score (nSPS) is 10.4. The van der Waals surface area contributed by atoms with Crippen LogP contribution in [0.25, 0.3) is 10.8 Å². The lowest BCUT2D eigenvalue weighted by Gasteiger charge is -2.06. The van der Waals surface area contributed by atoms with Gasteiger partial charge in [0, 0.05) is 5.39 Å². The molecule has 0 aliphatic heterocycles. The molecule has 0 saturated carbocycles. The highest BCUT2D eigenvalue weighted by atomic mass is 16.3. The number of hydrogen-bond donors (Lipinski definition) is 1. The molecule has 1 N–H and O–H groups in total. The third-order valence-corrected chi connectivity index (χ3v) is 2.71. The highest BCUT2D eigenvalue weighted by molar-refractivity contribution is 5.89. The maximum atomic E-state index is 10.1. The number of aromatic hydroxyl groups is 1. The Hall–Kier alpha value is -1.76. The molecule has 0 aliphatic rings. The smallest absolute Gasteiger partial charge is 0.126 e. The Kier molecular flexibility index (Phi) is 2.95. The molecule has 0 spiro atoms. The van der Waals surface area contributed by atoms with Crippen molar-refractivity contribution in [3.63, 3.8) is 0 Å². The van der Waals surface area contributed by atoms with E-state index in [9.17, 15) is 5.11 Å². The molecule has 1 nitrogen and oxygen atoms in total. The van der Waals surface area contributed by atoms with E-state index in [1.165, 1.54) is 5.57 Å². The van der Waals surface area contributed by atoms with Crippen LogP contribution in [0.1, 0.15) is 19.4 Å². The fourth-order valence-electron chi connectivity index (χ4n) is 1.78. The Morgan fingerprint density at radius 1 is 1.12 bits per heavy atom. The van der Waals surface area contributed by atoms with Crippen LogP contribution in [0.15, 0.2) is 48.0 Å². The van der Waals surface area contributed by atoms with Crippen LogP contribution in [0.3, 0.4) is 0 Å². The summed E-state index contributed by atoms with van der Waals surface area (Å²) in [6.45, 7) is 4.14. The quantitative estimate of drug-likeness (QED) is 0.744. The summed E-state index contributed by atoms with van der Waals surface area (Å²) in [6.07, 6.45) is 2.92. The van der Waals surface area contributed by atoms with Crippen LogP contribution in [0.5, 0.6) is 5.75 Å². The van der Waals surface area contributed by atoms with Gasteiger partial charge in [0.05, 0.1) is 0 Å². The van der Waals surface area contributed by atoms with Gasteiger partial charge in [0.25, 0.3) is 0 Å². The van der Waals surface area contributed by atoms with Crippen molar-refractivity contribution < 1.29 is 5.11 Å². The van der Waals surface area contributed by atoms with Crippen molar-refractivity contribution in [2.45, 2.75) is 20.3 Å². The summed E-state index contributed by atoms with van der Waals surface area (Å²) >= 11 is 0. The Bertz CT molecular complexity index is 534. The van der Waals surface area contributed by atoms with Gasteiger partial charge in [0.2, 0.25) is 0 Å². The first kappa shape index (κ1) is 10.7. The first-order chi connectivity index (χ1) is 7.68. The zero-order valence-electron chi connectivity index (χ0n) is 9.70. The van der Waals surface area contributed by atoms with Gasteiger partial charge < -0.3 is 5.11 Å². The molecule has 0 saturated heterocycles. The number of phenols is 1. The summed E-state index contributed by atoms with van der Waals surface area (Å²) < 4.78 is 0. The zero-order chi connectivity index (χ0) is 11.5. The van der Waals surface area contributed by atoms with Crippen molar-refractivity contribution >= 4 is 10.8 Å². The van der Waals surface area contributed by atoms with E-state index in [-0.39, 0.29) is 0 Å². The van der Waals surface area contributed by atoms with E-state index in [0.717, 1.165) is 22.8 Å². The third kappa shape index (κ3) is 2.08. The molecule has 0 unspecified atom stereocenters. The molecule has 0 heterocycles. The van der Waals surface area contributed by atoms with Gasteiger partial charge in [-0.2, -0.15) is 0 Å². The van der Waals surface area contributed by atoms with Crippen LogP contribution in [-0.4, -0.2) is 5.11 Å². The Morgan fingerprint density at radius 3 is 2.62 bits per heavy atom. The number of rotatable bonds is 2. The first-order valence-corrected chi connectivity index (χ1v) is 5.51. The fourth-order valence-corrected chi connectivity index (χ4v) is 1.78. The van der Waals surface area contributed by atoms with Crippen LogP contribution in [-0.2, 0) is 6.42 Å². The van der Waals surface area contributed by atoms with Gasteiger partial charge in [-0.3, -0.25) is 0 Å². The molecule has 2 aromatic rings. The van der Waals surface area contributed by atoms with Crippen molar-refractivity contribution in [3.8, 4) is 5.75 Å². The average Bonchev–Trinajstić information content (AvgIpc) is 2.28. The van der Waals surface area contributed by atoms with E-state index in [1.807, 2.05) is 30.3 Å². The topological polar surface area (TPSA) is 20.2 Å². The summed E-state index contributed by atoms with van der Waals surface area (Å²) in [6, 6.07) is 12.0. The van der Waals surface area contributed by atoms with E-state index in [1.54, 1.807) is 0 Å². The SMILES string of the molecule is CC(C)=CCc1ccc2ccccc2c1O. The maximum Gasteiger partial charge on any atom is 0.126 e. The molecule has 0 atom stereocenters. The van der Waals surface area contributed by atoms with Crippen molar-refractivity contribution in [2.24, 2.45) is 0 Å². The van der Waals surface area contributed by atoms with Crippen LogP contribution < -0.4 is 0 Å². The highest BCUT2D eigenvalue weighted by Crippen LogP contribution is 2.29. The summed E-state index contributed by atoms with van der Waals surface area (Å²) in [5.74, 6) is 0.413. The molecule has 0 amide bonds. The minimum atomic E-state index is 0.413. The number of phenolic OH excluding ortho intramolecular Hbond substituents is 1. The van der Waals surface area contributed by atoms with E-state index in [2.05, 4.69) is 26.0 Å². The van der Waals surface area contributed by atoms with Crippen molar-refractivity contribution in [1.29, 1.82) is 0 Å². The van der Waals surface area contributed by atoms with E-state index < -0.39 is 0 Å². The second-order valence-corrected chi connectivity index (χ2v) is 4.28. The number of benzene rings is 2. The van der Waals surface area contributed by atoms with Crippen molar-refractivity contribution in [2.75, 3.05) is 0 Å². The van der Waals surface area contributed by atoms with Gasteiger partial charge in [-0.15, -0.1) is 0 Å². The third-order valence-electron chi connectivity index (χ3n) is 2.71. The lowest BCUT2D eigenvalue weighted by molar-refractivity contribution is 0.476. The molecule has 2 rings (SSSR count). The van der Waals surface area contributed by atoms with Gasteiger partial charge in [0.15, 0.2) is 0 Å². The number of allylic oxidation sites excluding steroid dienone is 2. The second kappa shape index (κ2) is 4.40.